The first kappa shape index (κ1) is 64.5. The van der Waals surface area contributed by atoms with E-state index in [2.05, 4.69) is 32.9 Å². The van der Waals surface area contributed by atoms with Gasteiger partial charge in [-0.05, 0) is 34.6 Å². The molecule has 0 saturated carbocycles. The van der Waals surface area contributed by atoms with Crippen molar-refractivity contribution in [3.63, 3.8) is 0 Å². The van der Waals surface area contributed by atoms with E-state index >= 15 is 0 Å². The van der Waals surface area contributed by atoms with Crippen molar-refractivity contribution in [1.29, 1.82) is 0 Å². The zero-order valence-corrected chi connectivity index (χ0v) is 41.6. The highest BCUT2D eigenvalue weighted by atomic mass is 16.8. The van der Waals surface area contributed by atoms with Crippen LogP contribution in [0, 0.1) is 0 Å². The van der Waals surface area contributed by atoms with Crippen LogP contribution in [-0.4, -0.2) is 242 Å². The number of rotatable bonds is 34. The number of ether oxygens (including phenoxy) is 13. The minimum atomic E-state index is -1.88. The van der Waals surface area contributed by atoms with Gasteiger partial charge in [0.05, 0.1) is 46.2 Å². The fourth-order valence-electron chi connectivity index (χ4n) is 6.17. The topological polar surface area (TPSA) is 367 Å². The summed E-state index contributed by atoms with van der Waals surface area (Å²) in [4.78, 5) is 60.5. The smallest absolute Gasteiger partial charge is 0.333 e. The molecule has 2 aliphatic rings. The molecular weight excluding hydrogens is 980 g/mol. The Morgan fingerprint density at radius 1 is 0.397 bits per heavy atom. The van der Waals surface area contributed by atoms with Gasteiger partial charge in [0.2, 0.25) is 0 Å². The maximum absolute atomic E-state index is 12.2. The Morgan fingerprint density at radius 3 is 0.986 bits per heavy atom. The summed E-state index contributed by atoms with van der Waals surface area (Å²) in [6.45, 7) is 15.9. The highest BCUT2D eigenvalue weighted by Gasteiger charge is 2.54. The van der Waals surface area contributed by atoms with Gasteiger partial charge in [0.15, 0.2) is 12.6 Å². The molecule has 2 saturated heterocycles. The molecule has 0 spiro atoms. The quantitative estimate of drug-likeness (QED) is 0.0182. The van der Waals surface area contributed by atoms with Crippen LogP contribution in [0.1, 0.15) is 34.6 Å². The third kappa shape index (κ3) is 22.4. The van der Waals surface area contributed by atoms with Gasteiger partial charge in [-0.25, -0.2) is 24.0 Å². The van der Waals surface area contributed by atoms with Gasteiger partial charge < -0.3 is 102 Å². The second-order valence-corrected chi connectivity index (χ2v) is 17.2. The summed E-state index contributed by atoms with van der Waals surface area (Å²) in [5.74, 6) is -4.20. The van der Waals surface area contributed by atoms with Gasteiger partial charge in [-0.3, -0.25) is 0 Å². The zero-order chi connectivity index (χ0) is 55.1. The molecule has 26 nitrogen and oxygen atoms in total. The minimum Gasteiger partial charge on any atom is -0.460 e. The number of hydrogen-bond acceptors (Lipinski definition) is 26. The van der Waals surface area contributed by atoms with Crippen molar-refractivity contribution in [2.45, 2.75) is 127 Å². The van der Waals surface area contributed by atoms with E-state index in [1.165, 1.54) is 34.6 Å². The Morgan fingerprint density at radius 2 is 0.671 bits per heavy atom. The first-order valence-corrected chi connectivity index (χ1v) is 22.8. The van der Waals surface area contributed by atoms with E-state index in [1.807, 2.05) is 0 Å². The number of esters is 5. The average molecular weight is 1050 g/mol. The lowest BCUT2D eigenvalue weighted by Gasteiger charge is -2.49. The number of carbonyl (C=O) groups is 5. The Balaban J connectivity index is 2.72. The number of hydrogen-bond donors (Lipinski definition) is 8. The van der Waals surface area contributed by atoms with Crippen molar-refractivity contribution >= 4 is 29.8 Å². The monoisotopic (exact) mass is 1050 g/mol. The molecule has 5 unspecified atom stereocenters. The molecule has 15 atom stereocenters. The van der Waals surface area contributed by atoms with E-state index in [4.69, 9.17) is 61.6 Å². The molecule has 2 aliphatic heterocycles. The van der Waals surface area contributed by atoms with Crippen LogP contribution in [0.5, 0.6) is 0 Å². The molecule has 416 valence electrons. The molecule has 2 heterocycles. The van der Waals surface area contributed by atoms with Crippen molar-refractivity contribution in [2.75, 3.05) is 79.3 Å². The van der Waals surface area contributed by atoms with E-state index in [1.54, 1.807) is 0 Å². The molecule has 8 N–H and O–H groups in total. The fraction of sp³-hybridized carbons (Fsp3) is 0.681. The molecule has 0 aromatic carbocycles. The molecule has 0 amide bonds. The van der Waals surface area contributed by atoms with Crippen LogP contribution in [0.2, 0.25) is 0 Å². The standard InChI is InChI=1S/C47H72O26/c1-23(2)41(56)65-17-28(50)13-61-37-35(55)33(11-48)71-47(39(37)63-15-30(52)19-67-43(58)25(5)6)73-36-34(12-49)72-46(70-22-32(54)21-69-45(60)27(9)10)40(64-16-31(53)20-68-44(59)26(7)8)38(36)62-14-29(51)18-66-42(57)24(3)4/h28-40,46-55H,1,3,5,7,9,11-22H2,2,4,6,8,10H3/t28?,29?,30?,31?,32?,33-,34-,35-,36-,37+,38+,39-,40-,46-,47-/m1/s1. The number of aliphatic hydroxyl groups is 8. The van der Waals surface area contributed by atoms with E-state index in [-0.39, 0.29) is 27.9 Å². The Bertz CT molecular complexity index is 1850. The first-order chi connectivity index (χ1) is 34.3. The van der Waals surface area contributed by atoms with E-state index in [0.29, 0.717) is 0 Å². The minimum absolute atomic E-state index is 0.00767. The summed E-state index contributed by atoms with van der Waals surface area (Å²) in [6.07, 6.45) is -24.7. The molecule has 0 aliphatic carbocycles. The molecule has 2 rings (SSSR count). The molecular formula is C47H72O26. The van der Waals surface area contributed by atoms with Crippen molar-refractivity contribution in [3.05, 3.63) is 60.8 Å². The van der Waals surface area contributed by atoms with Crippen molar-refractivity contribution in [1.82, 2.24) is 0 Å². The summed E-state index contributed by atoms with van der Waals surface area (Å²) < 4.78 is 73.8. The number of carbonyl (C=O) groups excluding carboxylic acids is 5. The van der Waals surface area contributed by atoms with Crippen molar-refractivity contribution < 1.29 is 126 Å². The van der Waals surface area contributed by atoms with Crippen LogP contribution in [0.4, 0.5) is 0 Å². The van der Waals surface area contributed by atoms with Gasteiger partial charge in [0.1, 0.15) is 112 Å². The van der Waals surface area contributed by atoms with Crippen LogP contribution in [0.15, 0.2) is 60.8 Å². The van der Waals surface area contributed by atoms with Gasteiger partial charge in [-0.2, -0.15) is 0 Å². The summed E-state index contributed by atoms with van der Waals surface area (Å²) >= 11 is 0. The van der Waals surface area contributed by atoms with Gasteiger partial charge >= 0.3 is 29.8 Å². The third-order valence-corrected chi connectivity index (χ3v) is 10.0. The SMILES string of the molecule is C=C(C)C(=O)OCC(O)CO[C@@H]1O[C@H](CO)[C@@H](O[C@H]2O[C@H](CO)[C@@H](O)[C@H](OCC(O)COC(=O)C(=C)C)[C@H]2OCC(O)COC(=O)C(=C)C)[C@H](OCC(O)COC(=O)C(=C)C)[C@H]1OCC(O)COC(=O)C(=C)C. The molecule has 0 bridgehead atoms. The van der Waals surface area contributed by atoms with Crippen LogP contribution in [0.25, 0.3) is 0 Å². The Kier molecular flexibility index (Phi) is 28.9. The maximum atomic E-state index is 12.2. The average Bonchev–Trinajstić information content (AvgIpc) is 3.34. The van der Waals surface area contributed by atoms with E-state index in [9.17, 15) is 64.8 Å². The summed E-state index contributed by atoms with van der Waals surface area (Å²) in [5, 5.41) is 86.9. The lowest BCUT2D eigenvalue weighted by Crippen LogP contribution is -2.66. The van der Waals surface area contributed by atoms with Gasteiger partial charge in [0, 0.05) is 27.9 Å². The predicted octanol–water partition coefficient (Wildman–Crippen LogP) is -2.87. The Labute approximate surface area is 422 Å². The summed E-state index contributed by atoms with van der Waals surface area (Å²) in [7, 11) is 0. The lowest BCUT2D eigenvalue weighted by atomic mass is 9.96. The van der Waals surface area contributed by atoms with Crippen LogP contribution in [0.3, 0.4) is 0 Å². The Hall–Kier alpha value is -4.59. The largest absolute Gasteiger partial charge is 0.460 e. The molecule has 26 heteroatoms. The van der Waals surface area contributed by atoms with Gasteiger partial charge in [-0.15, -0.1) is 0 Å². The van der Waals surface area contributed by atoms with Crippen LogP contribution < -0.4 is 0 Å². The third-order valence-electron chi connectivity index (χ3n) is 10.0. The second kappa shape index (κ2) is 32.7. The normalized spacial score (nSPS) is 25.9. The van der Waals surface area contributed by atoms with Gasteiger partial charge in [0.25, 0.3) is 0 Å². The summed E-state index contributed by atoms with van der Waals surface area (Å²) in [5.41, 5.74) is 0.101. The number of aliphatic hydroxyl groups excluding tert-OH is 8. The van der Waals surface area contributed by atoms with Crippen LogP contribution >= 0.6 is 0 Å². The highest BCUT2D eigenvalue weighted by Crippen LogP contribution is 2.34. The van der Waals surface area contributed by atoms with Crippen LogP contribution in [-0.2, 0) is 85.6 Å². The lowest BCUT2D eigenvalue weighted by molar-refractivity contribution is -0.374. The van der Waals surface area contributed by atoms with E-state index in [0.717, 1.165) is 0 Å². The van der Waals surface area contributed by atoms with Crippen molar-refractivity contribution in [2.24, 2.45) is 0 Å². The molecule has 0 aromatic rings. The van der Waals surface area contributed by atoms with E-state index < -0.39 is 201 Å². The van der Waals surface area contributed by atoms with Crippen molar-refractivity contribution in [3.8, 4) is 0 Å². The molecule has 0 radical (unpaired) electrons. The maximum Gasteiger partial charge on any atom is 0.333 e. The fourth-order valence-corrected chi connectivity index (χ4v) is 6.17. The first-order valence-electron chi connectivity index (χ1n) is 22.8. The van der Waals surface area contributed by atoms with Gasteiger partial charge in [-0.1, -0.05) is 32.9 Å². The second-order valence-electron chi connectivity index (χ2n) is 17.2. The zero-order valence-electron chi connectivity index (χ0n) is 41.6. The molecule has 2 fully saturated rings. The predicted molar refractivity (Wildman–Crippen MR) is 246 cm³/mol. The summed E-state index contributed by atoms with van der Waals surface area (Å²) in [6, 6.07) is 0. The molecule has 0 aromatic heterocycles. The molecule has 73 heavy (non-hydrogen) atoms. The highest BCUT2D eigenvalue weighted by molar-refractivity contribution is 5.88.